The number of benzene rings is 2. The molecule has 0 fully saturated rings. The van der Waals surface area contributed by atoms with Crippen molar-refractivity contribution in [2.75, 3.05) is 18.5 Å². The number of halogens is 3. The van der Waals surface area contributed by atoms with Gasteiger partial charge >= 0.3 is 18.1 Å². The molecule has 154 valence electrons. The summed E-state index contributed by atoms with van der Waals surface area (Å²) < 4.78 is 49.2. The van der Waals surface area contributed by atoms with Gasteiger partial charge in [0.2, 0.25) is 0 Å². The van der Waals surface area contributed by atoms with Gasteiger partial charge in [-0.2, -0.15) is 13.2 Å². The lowest BCUT2D eigenvalue weighted by Gasteiger charge is -2.14. The average molecular weight is 409 g/mol. The monoisotopic (exact) mass is 409 g/mol. The fraction of sp³-hybridized carbons (Fsp3) is 0.250. The van der Waals surface area contributed by atoms with Gasteiger partial charge in [0, 0.05) is 5.69 Å². The molecule has 0 heterocycles. The molecule has 0 bridgehead atoms. The Morgan fingerprint density at radius 1 is 0.897 bits per heavy atom. The van der Waals surface area contributed by atoms with E-state index in [1.807, 2.05) is 0 Å². The summed E-state index contributed by atoms with van der Waals surface area (Å²) in [5, 5.41) is 2.29. The van der Waals surface area contributed by atoms with Crippen molar-refractivity contribution in [3.8, 4) is 0 Å². The Kier molecular flexibility index (Phi) is 6.98. The molecule has 1 amide bonds. The molecule has 0 saturated heterocycles. The summed E-state index contributed by atoms with van der Waals surface area (Å²) in [5.74, 6) is -2.57. The molecule has 0 unspecified atom stereocenters. The fourth-order valence-corrected chi connectivity index (χ4v) is 2.49. The maximum atomic E-state index is 13.2. The van der Waals surface area contributed by atoms with Gasteiger partial charge in [0.15, 0.2) is 0 Å². The molecule has 0 aromatic heterocycles. The van der Waals surface area contributed by atoms with Crippen LogP contribution in [0.15, 0.2) is 42.5 Å². The highest BCUT2D eigenvalue weighted by molar-refractivity contribution is 6.07. The van der Waals surface area contributed by atoms with Gasteiger partial charge in [0.25, 0.3) is 5.91 Å². The van der Waals surface area contributed by atoms with Crippen molar-refractivity contribution in [2.45, 2.75) is 20.0 Å². The number of anilines is 1. The molecule has 2 aromatic carbocycles. The third kappa shape index (κ3) is 5.56. The first-order valence-corrected chi connectivity index (χ1v) is 8.64. The highest BCUT2D eigenvalue weighted by Gasteiger charge is 2.34. The molecular formula is C20H18F3NO5. The van der Waals surface area contributed by atoms with E-state index in [0.29, 0.717) is 0 Å². The SMILES string of the molecule is CCOC(=O)c1cc(NC(=O)c2ccccc2C(F)(F)F)cc(C(=O)OCC)c1. The molecule has 6 nitrogen and oxygen atoms in total. The Labute approximate surface area is 164 Å². The van der Waals surface area contributed by atoms with Gasteiger partial charge in [0.05, 0.1) is 35.5 Å². The topological polar surface area (TPSA) is 81.7 Å². The van der Waals surface area contributed by atoms with Crippen LogP contribution in [-0.2, 0) is 15.7 Å². The largest absolute Gasteiger partial charge is 0.462 e. The summed E-state index contributed by atoms with van der Waals surface area (Å²) in [7, 11) is 0. The third-order valence-corrected chi connectivity index (χ3v) is 3.69. The van der Waals surface area contributed by atoms with Crippen molar-refractivity contribution >= 4 is 23.5 Å². The van der Waals surface area contributed by atoms with Crippen molar-refractivity contribution in [1.29, 1.82) is 0 Å². The highest BCUT2D eigenvalue weighted by Crippen LogP contribution is 2.32. The van der Waals surface area contributed by atoms with Gasteiger partial charge in [0.1, 0.15) is 0 Å². The first-order valence-electron chi connectivity index (χ1n) is 8.64. The molecule has 0 aliphatic heterocycles. The normalized spacial score (nSPS) is 10.9. The van der Waals surface area contributed by atoms with Gasteiger partial charge in [-0.1, -0.05) is 12.1 Å². The Hall–Kier alpha value is -3.36. The molecule has 0 aliphatic rings. The first kappa shape index (κ1) is 21.9. The molecule has 1 N–H and O–H groups in total. The maximum absolute atomic E-state index is 13.2. The van der Waals surface area contributed by atoms with Gasteiger partial charge in [-0.3, -0.25) is 4.79 Å². The molecule has 0 atom stereocenters. The number of hydrogen-bond acceptors (Lipinski definition) is 5. The zero-order valence-electron chi connectivity index (χ0n) is 15.6. The van der Waals surface area contributed by atoms with E-state index in [4.69, 9.17) is 9.47 Å². The minimum atomic E-state index is -4.73. The van der Waals surface area contributed by atoms with E-state index >= 15 is 0 Å². The van der Waals surface area contributed by atoms with Crippen LogP contribution < -0.4 is 5.32 Å². The van der Waals surface area contributed by atoms with Gasteiger partial charge < -0.3 is 14.8 Å². The Morgan fingerprint density at radius 2 is 1.41 bits per heavy atom. The van der Waals surface area contributed by atoms with Crippen LogP contribution in [0.5, 0.6) is 0 Å². The van der Waals surface area contributed by atoms with E-state index in [-0.39, 0.29) is 30.0 Å². The van der Waals surface area contributed by atoms with Crippen molar-refractivity contribution in [3.05, 3.63) is 64.7 Å². The standard InChI is InChI=1S/C20H18F3NO5/c1-3-28-18(26)12-9-13(19(27)29-4-2)11-14(10-12)24-17(25)15-7-5-6-8-16(15)20(21,22)23/h5-11H,3-4H2,1-2H3,(H,24,25). The number of carbonyl (C=O) groups excluding carboxylic acids is 3. The van der Waals surface area contributed by atoms with E-state index in [0.717, 1.165) is 12.1 Å². The summed E-state index contributed by atoms with van der Waals surface area (Å²) in [4.78, 5) is 36.5. The van der Waals surface area contributed by atoms with Crippen molar-refractivity contribution in [2.24, 2.45) is 0 Å². The minimum Gasteiger partial charge on any atom is -0.462 e. The second-order valence-electron chi connectivity index (χ2n) is 5.74. The van der Waals surface area contributed by atoms with Crippen LogP contribution in [0.4, 0.5) is 18.9 Å². The van der Waals surface area contributed by atoms with E-state index in [9.17, 15) is 27.6 Å². The molecule has 0 radical (unpaired) electrons. The van der Waals surface area contributed by atoms with E-state index in [1.165, 1.54) is 30.3 Å². The van der Waals surface area contributed by atoms with Crippen molar-refractivity contribution < 1.29 is 37.0 Å². The molecule has 0 saturated carbocycles. The number of esters is 2. The summed E-state index contributed by atoms with van der Waals surface area (Å²) in [6, 6.07) is 7.90. The van der Waals surface area contributed by atoms with Crippen LogP contribution in [0.3, 0.4) is 0 Å². The summed E-state index contributed by atoms with van der Waals surface area (Å²) in [5.41, 5.74) is -1.88. The predicted molar refractivity (Wildman–Crippen MR) is 97.8 cm³/mol. The second kappa shape index (κ2) is 9.22. The van der Waals surface area contributed by atoms with E-state index in [1.54, 1.807) is 13.8 Å². The van der Waals surface area contributed by atoms with Crippen molar-refractivity contribution in [1.82, 2.24) is 0 Å². The molecule has 9 heteroatoms. The van der Waals surface area contributed by atoms with Gasteiger partial charge in [-0.05, 0) is 44.2 Å². The summed E-state index contributed by atoms with van der Waals surface area (Å²) in [6.45, 7) is 3.32. The average Bonchev–Trinajstić information content (AvgIpc) is 2.67. The molecule has 0 spiro atoms. The lowest BCUT2D eigenvalue weighted by Crippen LogP contribution is -2.19. The number of amides is 1. The molecule has 0 aliphatic carbocycles. The molecule has 29 heavy (non-hydrogen) atoms. The zero-order chi connectivity index (χ0) is 21.6. The quantitative estimate of drug-likeness (QED) is 0.719. The highest BCUT2D eigenvalue weighted by atomic mass is 19.4. The second-order valence-corrected chi connectivity index (χ2v) is 5.74. The fourth-order valence-electron chi connectivity index (χ4n) is 2.49. The first-order chi connectivity index (χ1) is 13.7. The van der Waals surface area contributed by atoms with Crippen molar-refractivity contribution in [3.63, 3.8) is 0 Å². The third-order valence-electron chi connectivity index (χ3n) is 3.69. The number of nitrogens with one attached hydrogen (secondary N) is 1. The van der Waals surface area contributed by atoms with E-state index in [2.05, 4.69) is 5.32 Å². The minimum absolute atomic E-state index is 0.0550. The van der Waals surface area contributed by atoms with Gasteiger partial charge in [-0.15, -0.1) is 0 Å². The number of hydrogen-bond donors (Lipinski definition) is 1. The lowest BCUT2D eigenvalue weighted by molar-refractivity contribution is -0.137. The summed E-state index contributed by atoms with van der Waals surface area (Å²) >= 11 is 0. The number of carbonyl (C=O) groups is 3. The number of alkyl halides is 3. The number of ether oxygens (including phenoxy) is 2. The Bertz CT molecular complexity index is 888. The zero-order valence-corrected chi connectivity index (χ0v) is 15.6. The molecular weight excluding hydrogens is 391 g/mol. The molecule has 2 aromatic rings. The molecule has 2 rings (SSSR count). The smallest absolute Gasteiger partial charge is 0.417 e. The van der Waals surface area contributed by atoms with Crippen LogP contribution in [0.1, 0.15) is 50.5 Å². The van der Waals surface area contributed by atoms with Crippen LogP contribution >= 0.6 is 0 Å². The Balaban J connectivity index is 2.42. The lowest BCUT2D eigenvalue weighted by atomic mass is 10.1. The summed E-state index contributed by atoms with van der Waals surface area (Å²) in [6.07, 6.45) is -4.73. The van der Waals surface area contributed by atoms with E-state index < -0.39 is 35.1 Å². The van der Waals surface area contributed by atoms with Crippen LogP contribution in [0.25, 0.3) is 0 Å². The predicted octanol–water partition coefficient (Wildman–Crippen LogP) is 4.31. The van der Waals surface area contributed by atoms with Gasteiger partial charge in [-0.25, -0.2) is 9.59 Å². The van der Waals surface area contributed by atoms with Crippen LogP contribution in [0, 0.1) is 0 Å². The number of rotatable bonds is 6. The van der Waals surface area contributed by atoms with Crippen LogP contribution in [-0.4, -0.2) is 31.1 Å². The Morgan fingerprint density at radius 3 is 1.90 bits per heavy atom. The van der Waals surface area contributed by atoms with Crippen LogP contribution in [0.2, 0.25) is 0 Å². The maximum Gasteiger partial charge on any atom is 0.417 e.